The maximum atomic E-state index is 13.5. The van der Waals surface area contributed by atoms with E-state index in [4.69, 9.17) is 0 Å². The predicted octanol–water partition coefficient (Wildman–Crippen LogP) is 4.41. The number of likely N-dealkylation sites (tertiary alicyclic amines) is 1. The summed E-state index contributed by atoms with van der Waals surface area (Å²) >= 11 is 0. The molecule has 5 heteroatoms. The molecule has 0 radical (unpaired) electrons. The van der Waals surface area contributed by atoms with E-state index in [1.165, 1.54) is 0 Å². The van der Waals surface area contributed by atoms with Crippen LogP contribution in [-0.4, -0.2) is 40.0 Å². The fraction of sp³-hybridized carbons (Fsp3) is 0.391. The topological polar surface area (TPSA) is 60.9 Å². The third-order valence-electron chi connectivity index (χ3n) is 5.93. The molecule has 1 N–H and O–H groups in total. The number of amides is 2. The Morgan fingerprint density at radius 3 is 2.25 bits per heavy atom. The average Bonchev–Trinajstić information content (AvgIpc) is 3.13. The minimum atomic E-state index is -0.819. The Kier molecular flexibility index (Phi) is 5.33. The lowest BCUT2D eigenvalue weighted by atomic mass is 10.0. The molecular formula is C23H26N2O3. The van der Waals surface area contributed by atoms with Crippen molar-refractivity contribution in [2.45, 2.75) is 44.2 Å². The first-order valence-corrected chi connectivity index (χ1v) is 10.1. The Morgan fingerprint density at radius 2 is 1.57 bits per heavy atom. The summed E-state index contributed by atoms with van der Waals surface area (Å²) in [4.78, 5) is 29.2. The molecular weight excluding hydrogens is 352 g/mol. The summed E-state index contributed by atoms with van der Waals surface area (Å²) in [7, 11) is 0. The van der Waals surface area contributed by atoms with Gasteiger partial charge in [0.05, 0.1) is 12.0 Å². The standard InChI is InChI=1S/C23H26N2O3/c26-22(27)20-15-21(19-12-6-5-11-18(19)20)25(16-17-9-3-1-4-10-17)23(28)24-13-7-2-8-14-24/h1,3-6,9-12,20-21H,2,7-8,13-16H2,(H,26,27). The van der Waals surface area contributed by atoms with E-state index >= 15 is 0 Å². The molecule has 1 heterocycles. The molecule has 2 aromatic rings. The Balaban J connectivity index is 1.68. The normalized spacial score (nSPS) is 21.2. The summed E-state index contributed by atoms with van der Waals surface area (Å²) < 4.78 is 0. The van der Waals surface area contributed by atoms with Crippen molar-refractivity contribution < 1.29 is 14.7 Å². The SMILES string of the molecule is O=C(O)C1CC(N(Cc2ccccc2)C(=O)N2CCCCC2)c2ccccc21. The van der Waals surface area contributed by atoms with Gasteiger partial charge < -0.3 is 14.9 Å². The van der Waals surface area contributed by atoms with E-state index in [1.54, 1.807) is 0 Å². The molecule has 4 rings (SSSR count). The van der Waals surface area contributed by atoms with Gasteiger partial charge in [0, 0.05) is 19.6 Å². The Morgan fingerprint density at radius 1 is 0.929 bits per heavy atom. The maximum Gasteiger partial charge on any atom is 0.320 e. The van der Waals surface area contributed by atoms with Gasteiger partial charge in [-0.25, -0.2) is 4.79 Å². The molecule has 1 aliphatic carbocycles. The molecule has 146 valence electrons. The number of nitrogens with zero attached hydrogens (tertiary/aromatic N) is 2. The highest BCUT2D eigenvalue weighted by Crippen LogP contribution is 2.44. The zero-order chi connectivity index (χ0) is 19.5. The molecule has 2 aromatic carbocycles. The number of benzene rings is 2. The van der Waals surface area contributed by atoms with Crippen LogP contribution in [0.15, 0.2) is 54.6 Å². The van der Waals surface area contributed by atoms with Gasteiger partial charge in [-0.15, -0.1) is 0 Å². The lowest BCUT2D eigenvalue weighted by Crippen LogP contribution is -2.46. The second kappa shape index (κ2) is 8.05. The molecule has 1 aliphatic heterocycles. The molecule has 2 unspecified atom stereocenters. The number of hydrogen-bond acceptors (Lipinski definition) is 2. The zero-order valence-electron chi connectivity index (χ0n) is 16.0. The Labute approximate surface area is 165 Å². The molecule has 5 nitrogen and oxygen atoms in total. The summed E-state index contributed by atoms with van der Waals surface area (Å²) in [6, 6.07) is 17.4. The lowest BCUT2D eigenvalue weighted by Gasteiger charge is -2.37. The van der Waals surface area contributed by atoms with Crippen LogP contribution in [0.3, 0.4) is 0 Å². The fourth-order valence-electron chi connectivity index (χ4n) is 4.50. The molecule has 0 saturated carbocycles. The van der Waals surface area contributed by atoms with Crippen molar-refractivity contribution in [3.63, 3.8) is 0 Å². The van der Waals surface area contributed by atoms with Crippen molar-refractivity contribution in [3.05, 3.63) is 71.3 Å². The number of urea groups is 1. The van der Waals surface area contributed by atoms with Gasteiger partial charge in [-0.1, -0.05) is 54.6 Å². The lowest BCUT2D eigenvalue weighted by molar-refractivity contribution is -0.139. The third-order valence-corrected chi connectivity index (χ3v) is 5.93. The van der Waals surface area contributed by atoms with Crippen molar-refractivity contribution in [1.82, 2.24) is 9.80 Å². The molecule has 1 saturated heterocycles. The second-order valence-electron chi connectivity index (χ2n) is 7.72. The van der Waals surface area contributed by atoms with E-state index in [0.29, 0.717) is 13.0 Å². The molecule has 2 atom stereocenters. The van der Waals surface area contributed by atoms with Gasteiger partial charge >= 0.3 is 12.0 Å². The van der Waals surface area contributed by atoms with Crippen molar-refractivity contribution in [2.24, 2.45) is 0 Å². The van der Waals surface area contributed by atoms with Gasteiger partial charge in [0.15, 0.2) is 0 Å². The summed E-state index contributed by atoms with van der Waals surface area (Å²) in [6.07, 6.45) is 3.66. The number of carbonyl (C=O) groups is 2. The van der Waals surface area contributed by atoms with Crippen LogP contribution in [0.2, 0.25) is 0 Å². The van der Waals surface area contributed by atoms with E-state index in [-0.39, 0.29) is 12.1 Å². The van der Waals surface area contributed by atoms with Gasteiger partial charge in [-0.05, 0) is 42.4 Å². The van der Waals surface area contributed by atoms with Crippen molar-refractivity contribution in [1.29, 1.82) is 0 Å². The van der Waals surface area contributed by atoms with Gasteiger partial charge in [0.1, 0.15) is 0 Å². The predicted molar refractivity (Wildman–Crippen MR) is 107 cm³/mol. The largest absolute Gasteiger partial charge is 0.481 e. The summed E-state index contributed by atoms with van der Waals surface area (Å²) in [5.41, 5.74) is 2.87. The highest BCUT2D eigenvalue weighted by molar-refractivity contribution is 5.80. The second-order valence-corrected chi connectivity index (χ2v) is 7.72. The number of piperidine rings is 1. The number of fused-ring (bicyclic) bond motifs is 1. The van der Waals surface area contributed by atoms with E-state index in [1.807, 2.05) is 64.4 Å². The number of carbonyl (C=O) groups excluding carboxylic acids is 1. The quantitative estimate of drug-likeness (QED) is 0.857. The number of rotatable bonds is 4. The highest BCUT2D eigenvalue weighted by atomic mass is 16.4. The van der Waals surface area contributed by atoms with Crippen LogP contribution in [0, 0.1) is 0 Å². The Hall–Kier alpha value is -2.82. The molecule has 0 spiro atoms. The van der Waals surface area contributed by atoms with Gasteiger partial charge in [-0.2, -0.15) is 0 Å². The first-order chi connectivity index (χ1) is 13.6. The number of hydrogen-bond donors (Lipinski definition) is 1. The molecule has 0 aromatic heterocycles. The number of aliphatic carboxylic acids is 1. The number of carboxylic acid groups (broad SMARTS) is 1. The summed E-state index contributed by atoms with van der Waals surface area (Å²) in [5, 5.41) is 9.72. The Bertz CT molecular complexity index is 846. The molecule has 2 aliphatic rings. The van der Waals surface area contributed by atoms with Crippen molar-refractivity contribution in [3.8, 4) is 0 Å². The number of carboxylic acids is 1. The summed E-state index contributed by atoms with van der Waals surface area (Å²) in [6.45, 7) is 2.04. The van der Waals surface area contributed by atoms with Crippen LogP contribution in [0.5, 0.6) is 0 Å². The molecule has 28 heavy (non-hydrogen) atoms. The highest BCUT2D eigenvalue weighted by Gasteiger charge is 2.40. The maximum absolute atomic E-state index is 13.5. The monoisotopic (exact) mass is 378 g/mol. The van der Waals surface area contributed by atoms with E-state index in [2.05, 4.69) is 0 Å². The van der Waals surface area contributed by atoms with E-state index in [9.17, 15) is 14.7 Å². The minimum absolute atomic E-state index is 0.0226. The molecule has 1 fully saturated rings. The van der Waals surface area contributed by atoms with Crippen molar-refractivity contribution in [2.75, 3.05) is 13.1 Å². The zero-order valence-corrected chi connectivity index (χ0v) is 16.0. The van der Waals surface area contributed by atoms with Gasteiger partial charge in [0.2, 0.25) is 0 Å². The van der Waals surface area contributed by atoms with Crippen LogP contribution >= 0.6 is 0 Å². The van der Waals surface area contributed by atoms with E-state index < -0.39 is 11.9 Å². The van der Waals surface area contributed by atoms with Gasteiger partial charge in [-0.3, -0.25) is 4.79 Å². The first-order valence-electron chi connectivity index (χ1n) is 10.1. The minimum Gasteiger partial charge on any atom is -0.481 e. The average molecular weight is 378 g/mol. The fourth-order valence-corrected chi connectivity index (χ4v) is 4.50. The summed E-state index contributed by atoms with van der Waals surface area (Å²) in [5.74, 6) is -1.38. The van der Waals surface area contributed by atoms with Crippen LogP contribution in [0.1, 0.15) is 54.3 Å². The van der Waals surface area contributed by atoms with Gasteiger partial charge in [0.25, 0.3) is 0 Å². The third kappa shape index (κ3) is 3.61. The van der Waals surface area contributed by atoms with Crippen LogP contribution < -0.4 is 0 Å². The van der Waals surface area contributed by atoms with Crippen LogP contribution in [0.25, 0.3) is 0 Å². The smallest absolute Gasteiger partial charge is 0.320 e. The van der Waals surface area contributed by atoms with Crippen molar-refractivity contribution >= 4 is 12.0 Å². The van der Waals surface area contributed by atoms with Crippen LogP contribution in [0.4, 0.5) is 4.79 Å². The molecule has 0 bridgehead atoms. The molecule has 2 amide bonds. The van der Waals surface area contributed by atoms with Crippen LogP contribution in [-0.2, 0) is 11.3 Å². The van der Waals surface area contributed by atoms with E-state index in [0.717, 1.165) is 49.0 Å². The first kappa shape index (κ1) is 18.5.